The number of hydrogen-bond donors (Lipinski definition) is 1. The predicted octanol–water partition coefficient (Wildman–Crippen LogP) is 2.94. The summed E-state index contributed by atoms with van der Waals surface area (Å²) in [6.07, 6.45) is 3.95. The topological polar surface area (TPSA) is 21.3 Å². The molecule has 2 nitrogen and oxygen atoms in total. The predicted molar refractivity (Wildman–Crippen MR) is 69.5 cm³/mol. The van der Waals surface area contributed by atoms with Crippen molar-refractivity contribution in [3.05, 3.63) is 29.8 Å². The highest BCUT2D eigenvalue weighted by Crippen LogP contribution is 2.40. The van der Waals surface area contributed by atoms with E-state index in [1.165, 1.54) is 24.8 Å². The second-order valence-corrected chi connectivity index (χ2v) is 5.63. The van der Waals surface area contributed by atoms with Gasteiger partial charge in [-0.2, -0.15) is 0 Å². The van der Waals surface area contributed by atoms with Crippen molar-refractivity contribution in [1.82, 2.24) is 5.32 Å². The number of nitrogens with one attached hydrogen (secondary N) is 1. The molecule has 0 radical (unpaired) electrons. The Labute approximate surface area is 103 Å². The second kappa shape index (κ2) is 4.34. The van der Waals surface area contributed by atoms with Gasteiger partial charge in [0.25, 0.3) is 0 Å². The Morgan fingerprint density at radius 3 is 2.65 bits per heavy atom. The average molecular weight is 231 g/mol. The zero-order valence-corrected chi connectivity index (χ0v) is 10.6. The number of benzene rings is 1. The lowest BCUT2D eigenvalue weighted by molar-refractivity contribution is 0.285. The third-order valence-corrected chi connectivity index (χ3v) is 4.26. The van der Waals surface area contributed by atoms with E-state index in [0.29, 0.717) is 0 Å². The van der Waals surface area contributed by atoms with E-state index in [9.17, 15) is 0 Å². The molecule has 2 atom stereocenters. The summed E-state index contributed by atoms with van der Waals surface area (Å²) < 4.78 is 5.27. The molecule has 0 heterocycles. The highest BCUT2D eigenvalue weighted by Gasteiger charge is 2.38. The molecule has 0 amide bonds. The molecule has 2 aliphatic carbocycles. The third-order valence-electron chi connectivity index (χ3n) is 4.26. The van der Waals surface area contributed by atoms with Crippen molar-refractivity contribution in [3.8, 4) is 5.75 Å². The van der Waals surface area contributed by atoms with Crippen LogP contribution in [0.2, 0.25) is 0 Å². The Bertz CT molecular complexity index is 398. The van der Waals surface area contributed by atoms with Gasteiger partial charge in [-0.15, -0.1) is 0 Å². The highest BCUT2D eigenvalue weighted by atomic mass is 16.5. The third kappa shape index (κ3) is 2.32. The molecule has 0 aromatic heterocycles. The summed E-state index contributed by atoms with van der Waals surface area (Å²) in [4.78, 5) is 0. The molecule has 2 heteroatoms. The summed E-state index contributed by atoms with van der Waals surface area (Å²) in [6.45, 7) is 2.33. The van der Waals surface area contributed by atoms with Gasteiger partial charge in [-0.1, -0.05) is 19.1 Å². The Morgan fingerprint density at radius 1 is 1.24 bits per heavy atom. The molecule has 2 unspecified atom stereocenters. The summed E-state index contributed by atoms with van der Waals surface area (Å²) in [6, 6.07) is 10.1. The van der Waals surface area contributed by atoms with Crippen LogP contribution in [0.1, 0.15) is 37.7 Å². The van der Waals surface area contributed by atoms with Crippen LogP contribution in [0.4, 0.5) is 0 Å². The molecule has 17 heavy (non-hydrogen) atoms. The van der Waals surface area contributed by atoms with Gasteiger partial charge in [0.1, 0.15) is 5.75 Å². The molecule has 2 saturated carbocycles. The summed E-state index contributed by atoms with van der Waals surface area (Å²) in [5, 5.41) is 3.74. The lowest BCUT2D eigenvalue weighted by Gasteiger charge is -2.36. The van der Waals surface area contributed by atoms with Crippen LogP contribution in [0.5, 0.6) is 5.75 Å². The van der Waals surface area contributed by atoms with Crippen molar-refractivity contribution in [1.29, 1.82) is 0 Å². The smallest absolute Gasteiger partial charge is 0.119 e. The van der Waals surface area contributed by atoms with Crippen LogP contribution in [0.3, 0.4) is 0 Å². The Hall–Kier alpha value is -1.02. The molecular weight excluding hydrogens is 210 g/mol. The standard InChI is InChI=1S/C15H21NO/c1-10-6-15(10)16-13-7-12(8-13)11-4-3-5-14(9-11)17-2/h3-5,9-10,12-13,15-16H,6-8H2,1-2H3. The van der Waals surface area contributed by atoms with Gasteiger partial charge in [0, 0.05) is 12.1 Å². The summed E-state index contributed by atoms with van der Waals surface area (Å²) in [5.74, 6) is 2.62. The molecule has 0 bridgehead atoms. The van der Waals surface area contributed by atoms with Crippen LogP contribution in [-0.4, -0.2) is 19.2 Å². The Balaban J connectivity index is 1.53. The van der Waals surface area contributed by atoms with Gasteiger partial charge in [0.05, 0.1) is 7.11 Å². The monoisotopic (exact) mass is 231 g/mol. The average Bonchev–Trinajstić information content (AvgIpc) is 2.99. The minimum atomic E-state index is 0.733. The Morgan fingerprint density at radius 2 is 2.00 bits per heavy atom. The van der Waals surface area contributed by atoms with E-state index in [2.05, 4.69) is 30.4 Å². The zero-order valence-electron chi connectivity index (χ0n) is 10.6. The highest BCUT2D eigenvalue weighted by molar-refractivity contribution is 5.32. The first-order valence-electron chi connectivity index (χ1n) is 6.66. The number of ether oxygens (including phenoxy) is 1. The van der Waals surface area contributed by atoms with Crippen LogP contribution in [0, 0.1) is 5.92 Å². The van der Waals surface area contributed by atoms with Crippen molar-refractivity contribution in [2.24, 2.45) is 5.92 Å². The molecule has 1 aromatic carbocycles. The minimum absolute atomic E-state index is 0.733. The molecule has 0 aliphatic heterocycles. The SMILES string of the molecule is COc1cccc(C2CC(NC3CC3C)C2)c1. The first kappa shape index (κ1) is 11.1. The molecular formula is C15H21NO. The van der Waals surface area contributed by atoms with Crippen molar-refractivity contribution >= 4 is 0 Å². The fourth-order valence-corrected chi connectivity index (χ4v) is 2.78. The summed E-state index contributed by atoms with van der Waals surface area (Å²) in [5.41, 5.74) is 1.44. The van der Waals surface area contributed by atoms with Gasteiger partial charge in [0.2, 0.25) is 0 Å². The quantitative estimate of drug-likeness (QED) is 0.860. The van der Waals surface area contributed by atoms with E-state index in [-0.39, 0.29) is 0 Å². The lowest BCUT2D eigenvalue weighted by Crippen LogP contribution is -2.41. The summed E-state index contributed by atoms with van der Waals surface area (Å²) in [7, 11) is 1.73. The van der Waals surface area contributed by atoms with E-state index in [1.807, 2.05) is 6.07 Å². The molecule has 2 aliphatic rings. The summed E-state index contributed by atoms with van der Waals surface area (Å²) >= 11 is 0. The van der Waals surface area contributed by atoms with E-state index in [4.69, 9.17) is 4.74 Å². The number of rotatable bonds is 4. The molecule has 1 N–H and O–H groups in total. The van der Waals surface area contributed by atoms with Gasteiger partial charge in [-0.3, -0.25) is 0 Å². The van der Waals surface area contributed by atoms with Crippen molar-refractivity contribution in [3.63, 3.8) is 0 Å². The van der Waals surface area contributed by atoms with Crippen LogP contribution in [0.25, 0.3) is 0 Å². The molecule has 2 fully saturated rings. The maximum Gasteiger partial charge on any atom is 0.119 e. The van der Waals surface area contributed by atoms with E-state index in [0.717, 1.165) is 29.7 Å². The fraction of sp³-hybridized carbons (Fsp3) is 0.600. The van der Waals surface area contributed by atoms with Crippen LogP contribution in [-0.2, 0) is 0 Å². The second-order valence-electron chi connectivity index (χ2n) is 5.63. The molecule has 0 saturated heterocycles. The lowest BCUT2D eigenvalue weighted by atomic mass is 9.76. The number of hydrogen-bond acceptors (Lipinski definition) is 2. The van der Waals surface area contributed by atoms with Crippen molar-refractivity contribution in [2.75, 3.05) is 7.11 Å². The van der Waals surface area contributed by atoms with Gasteiger partial charge in [-0.25, -0.2) is 0 Å². The van der Waals surface area contributed by atoms with Crippen LogP contribution >= 0.6 is 0 Å². The van der Waals surface area contributed by atoms with Crippen molar-refractivity contribution < 1.29 is 4.74 Å². The Kier molecular flexibility index (Phi) is 2.83. The minimum Gasteiger partial charge on any atom is -0.497 e. The molecule has 0 spiro atoms. The van der Waals surface area contributed by atoms with Crippen LogP contribution in [0.15, 0.2) is 24.3 Å². The first-order valence-corrected chi connectivity index (χ1v) is 6.66. The largest absolute Gasteiger partial charge is 0.497 e. The van der Waals surface area contributed by atoms with Crippen LogP contribution < -0.4 is 10.1 Å². The van der Waals surface area contributed by atoms with Crippen molar-refractivity contribution in [2.45, 2.75) is 44.2 Å². The first-order chi connectivity index (χ1) is 8.26. The van der Waals surface area contributed by atoms with E-state index >= 15 is 0 Å². The van der Waals surface area contributed by atoms with Gasteiger partial charge in [-0.05, 0) is 48.8 Å². The van der Waals surface area contributed by atoms with E-state index < -0.39 is 0 Å². The zero-order chi connectivity index (χ0) is 11.8. The normalized spacial score (nSPS) is 35.2. The van der Waals surface area contributed by atoms with Gasteiger partial charge in [0.15, 0.2) is 0 Å². The number of methoxy groups -OCH3 is 1. The maximum atomic E-state index is 5.27. The maximum absolute atomic E-state index is 5.27. The van der Waals surface area contributed by atoms with E-state index in [1.54, 1.807) is 7.11 Å². The molecule has 3 rings (SSSR count). The fourth-order valence-electron chi connectivity index (χ4n) is 2.78. The van der Waals surface area contributed by atoms with Gasteiger partial charge >= 0.3 is 0 Å². The molecule has 1 aromatic rings. The molecule has 92 valence electrons. The van der Waals surface area contributed by atoms with Gasteiger partial charge < -0.3 is 10.1 Å².